The molecule has 0 aliphatic rings. The van der Waals surface area contributed by atoms with E-state index in [2.05, 4.69) is 55.2 Å². The quantitative estimate of drug-likeness (QED) is 0.730. The number of imidazole rings is 1. The van der Waals surface area contributed by atoms with E-state index < -0.39 is 0 Å². The average molecular weight is 337 g/mol. The predicted octanol–water partition coefficient (Wildman–Crippen LogP) is 3.58. The van der Waals surface area contributed by atoms with E-state index in [1.54, 1.807) is 17.5 Å². The molecule has 0 aromatic carbocycles. The molecule has 0 fully saturated rings. The van der Waals surface area contributed by atoms with Crippen LogP contribution in [0.4, 0.5) is 5.82 Å². The summed E-state index contributed by atoms with van der Waals surface area (Å²) in [6.07, 6.45) is 5.65. The van der Waals surface area contributed by atoms with Gasteiger partial charge in [-0.1, -0.05) is 6.07 Å². The first-order chi connectivity index (χ1) is 9.28. The fourth-order valence-corrected chi connectivity index (χ4v) is 3.13. The van der Waals surface area contributed by atoms with Crippen LogP contribution in [0.1, 0.15) is 11.8 Å². The fourth-order valence-electron chi connectivity index (χ4n) is 2.02. The summed E-state index contributed by atoms with van der Waals surface area (Å²) in [4.78, 5) is 12.6. The lowest BCUT2D eigenvalue weighted by Crippen LogP contribution is -2.23. The average Bonchev–Trinajstić information content (AvgIpc) is 3.05. The van der Waals surface area contributed by atoms with Crippen molar-refractivity contribution < 1.29 is 0 Å². The molecule has 0 aliphatic carbocycles. The van der Waals surface area contributed by atoms with E-state index in [4.69, 9.17) is 0 Å². The van der Waals surface area contributed by atoms with Gasteiger partial charge in [0.15, 0.2) is 11.5 Å². The van der Waals surface area contributed by atoms with Gasteiger partial charge >= 0.3 is 0 Å². The van der Waals surface area contributed by atoms with E-state index in [0.29, 0.717) is 0 Å². The Morgan fingerprint density at radius 2 is 2.37 bits per heavy atom. The highest BCUT2D eigenvalue weighted by molar-refractivity contribution is 9.10. The minimum absolute atomic E-state index is 0.817. The lowest BCUT2D eigenvalue weighted by Gasteiger charge is -2.21. The van der Waals surface area contributed by atoms with Gasteiger partial charge in [0, 0.05) is 30.0 Å². The molecule has 98 valence electrons. The third-order valence-electron chi connectivity index (χ3n) is 2.94. The molecule has 6 heteroatoms. The van der Waals surface area contributed by atoms with Gasteiger partial charge in [-0.15, -0.1) is 11.3 Å². The van der Waals surface area contributed by atoms with E-state index in [1.165, 1.54) is 4.88 Å². The summed E-state index contributed by atoms with van der Waals surface area (Å²) in [5.41, 5.74) is 0.890. The van der Waals surface area contributed by atoms with Crippen molar-refractivity contribution in [3.8, 4) is 0 Å². The van der Waals surface area contributed by atoms with Gasteiger partial charge in [-0.05, 0) is 34.3 Å². The molecule has 0 saturated heterocycles. The van der Waals surface area contributed by atoms with Gasteiger partial charge in [0.1, 0.15) is 4.60 Å². The van der Waals surface area contributed by atoms with Crippen LogP contribution in [-0.4, -0.2) is 20.9 Å². The van der Waals surface area contributed by atoms with Gasteiger partial charge in [0.05, 0.1) is 6.54 Å². The summed E-state index contributed by atoms with van der Waals surface area (Å²) in [6, 6.07) is 4.22. The monoisotopic (exact) mass is 336 g/mol. The molecule has 3 aromatic rings. The number of hydrogen-bond acceptors (Lipinski definition) is 4. The van der Waals surface area contributed by atoms with Crippen LogP contribution in [-0.2, 0) is 6.54 Å². The molecule has 3 aromatic heterocycles. The minimum Gasteiger partial charge on any atom is -0.349 e. The highest BCUT2D eigenvalue weighted by Crippen LogP contribution is 2.23. The molecule has 0 amide bonds. The standard InChI is InChI=1S/C13H13BrN4S/c1-2-17(8-10-4-3-7-19-10)13-12-15-5-6-18(12)9-11(14)16-13/h3-7,9H,2,8H2,1H3. The van der Waals surface area contributed by atoms with Crippen molar-refractivity contribution in [2.24, 2.45) is 0 Å². The third-order valence-corrected chi connectivity index (χ3v) is 4.18. The topological polar surface area (TPSA) is 33.4 Å². The third kappa shape index (κ3) is 2.50. The number of anilines is 1. The normalized spacial score (nSPS) is 11.1. The molecule has 19 heavy (non-hydrogen) atoms. The first kappa shape index (κ1) is 12.6. The van der Waals surface area contributed by atoms with Crippen molar-refractivity contribution in [2.45, 2.75) is 13.5 Å². The molecular formula is C13H13BrN4S. The van der Waals surface area contributed by atoms with E-state index in [9.17, 15) is 0 Å². The first-order valence-electron chi connectivity index (χ1n) is 6.04. The Balaban J connectivity index is 2.03. The van der Waals surface area contributed by atoms with Gasteiger partial charge in [-0.25, -0.2) is 9.97 Å². The van der Waals surface area contributed by atoms with Crippen LogP contribution >= 0.6 is 27.3 Å². The molecule has 0 bridgehead atoms. The lowest BCUT2D eigenvalue weighted by atomic mass is 10.4. The van der Waals surface area contributed by atoms with Crippen LogP contribution < -0.4 is 4.90 Å². The predicted molar refractivity (Wildman–Crippen MR) is 81.7 cm³/mol. The molecule has 3 heterocycles. The van der Waals surface area contributed by atoms with Crippen molar-refractivity contribution in [3.63, 3.8) is 0 Å². The summed E-state index contributed by atoms with van der Waals surface area (Å²) in [7, 11) is 0. The van der Waals surface area contributed by atoms with Crippen LogP contribution in [0.2, 0.25) is 0 Å². The van der Waals surface area contributed by atoms with Gasteiger partial charge in [0.25, 0.3) is 0 Å². The molecule has 3 rings (SSSR count). The number of halogens is 1. The van der Waals surface area contributed by atoms with E-state index in [-0.39, 0.29) is 0 Å². The Bertz CT molecular complexity index is 677. The van der Waals surface area contributed by atoms with Gasteiger partial charge in [-0.2, -0.15) is 0 Å². The van der Waals surface area contributed by atoms with Crippen LogP contribution in [0.3, 0.4) is 0 Å². The molecule has 0 saturated carbocycles. The highest BCUT2D eigenvalue weighted by Gasteiger charge is 2.14. The van der Waals surface area contributed by atoms with Crippen LogP contribution in [0.25, 0.3) is 5.65 Å². The van der Waals surface area contributed by atoms with Crippen molar-refractivity contribution in [1.29, 1.82) is 0 Å². The Hall–Kier alpha value is -1.40. The Morgan fingerprint density at radius 1 is 1.47 bits per heavy atom. The number of thiophene rings is 1. The van der Waals surface area contributed by atoms with Crippen molar-refractivity contribution >= 4 is 38.7 Å². The van der Waals surface area contributed by atoms with E-state index in [0.717, 1.165) is 29.2 Å². The van der Waals surface area contributed by atoms with E-state index in [1.807, 2.05) is 16.8 Å². The van der Waals surface area contributed by atoms with Crippen molar-refractivity contribution in [3.05, 3.63) is 45.6 Å². The molecule has 0 radical (unpaired) electrons. The second kappa shape index (κ2) is 5.30. The highest BCUT2D eigenvalue weighted by atomic mass is 79.9. The van der Waals surface area contributed by atoms with Crippen molar-refractivity contribution in [1.82, 2.24) is 14.4 Å². The number of aromatic nitrogens is 3. The second-order valence-electron chi connectivity index (χ2n) is 4.14. The van der Waals surface area contributed by atoms with Crippen LogP contribution in [0.15, 0.2) is 40.7 Å². The van der Waals surface area contributed by atoms with Crippen LogP contribution in [0.5, 0.6) is 0 Å². The number of rotatable bonds is 4. The summed E-state index contributed by atoms with van der Waals surface area (Å²) < 4.78 is 2.81. The number of fused-ring (bicyclic) bond motifs is 1. The lowest BCUT2D eigenvalue weighted by molar-refractivity contribution is 0.818. The Kier molecular flexibility index (Phi) is 3.52. The molecule has 0 atom stereocenters. The smallest absolute Gasteiger partial charge is 0.180 e. The summed E-state index contributed by atoms with van der Waals surface area (Å²) >= 11 is 5.22. The molecular weight excluding hydrogens is 324 g/mol. The van der Waals surface area contributed by atoms with Gasteiger partial charge in [0.2, 0.25) is 0 Å². The van der Waals surface area contributed by atoms with Crippen LogP contribution in [0, 0.1) is 0 Å². The Morgan fingerprint density at radius 3 is 3.11 bits per heavy atom. The zero-order chi connectivity index (χ0) is 13.2. The molecule has 4 nitrogen and oxygen atoms in total. The minimum atomic E-state index is 0.817. The fraction of sp³-hybridized carbons (Fsp3) is 0.231. The maximum Gasteiger partial charge on any atom is 0.180 e. The number of nitrogens with zero attached hydrogens (tertiary/aromatic N) is 4. The molecule has 0 N–H and O–H groups in total. The second-order valence-corrected chi connectivity index (χ2v) is 5.98. The molecule has 0 aliphatic heterocycles. The molecule has 0 spiro atoms. The van der Waals surface area contributed by atoms with E-state index >= 15 is 0 Å². The van der Waals surface area contributed by atoms with Gasteiger partial charge in [-0.3, -0.25) is 0 Å². The van der Waals surface area contributed by atoms with Crippen molar-refractivity contribution in [2.75, 3.05) is 11.4 Å². The summed E-state index contributed by atoms with van der Waals surface area (Å²) in [5.74, 6) is 0.912. The number of hydrogen-bond donors (Lipinski definition) is 0. The summed E-state index contributed by atoms with van der Waals surface area (Å²) in [5, 5.41) is 2.10. The largest absolute Gasteiger partial charge is 0.349 e. The maximum atomic E-state index is 4.59. The molecule has 0 unspecified atom stereocenters. The van der Waals surface area contributed by atoms with Gasteiger partial charge < -0.3 is 9.30 Å². The zero-order valence-corrected chi connectivity index (χ0v) is 12.9. The SMILES string of the molecule is CCN(Cc1cccs1)c1nc(Br)cn2ccnc12. The maximum absolute atomic E-state index is 4.59. The first-order valence-corrected chi connectivity index (χ1v) is 7.71. The zero-order valence-electron chi connectivity index (χ0n) is 10.5. The summed E-state index contributed by atoms with van der Waals surface area (Å²) in [6.45, 7) is 3.89. The Labute approximate surface area is 123 Å².